The van der Waals surface area contributed by atoms with Crippen LogP contribution >= 0.6 is 0 Å². The number of fused-ring (bicyclic) bond motifs is 9. The SMILES string of the molecule is c1ccc([Si](c2ccccc2)(c2ccc3c4ccccc4n4ccnc4c3c2)c2ccc3c4ccccc4n(-c4ccccn4)c3c2)cc1. The highest BCUT2D eigenvalue weighted by atomic mass is 28.3. The molecule has 4 aromatic heterocycles. The van der Waals surface area contributed by atoms with E-state index in [-0.39, 0.29) is 0 Å². The lowest BCUT2D eigenvalue weighted by Crippen LogP contribution is -2.74. The fourth-order valence-corrected chi connectivity index (χ4v) is 12.9. The Morgan fingerprint density at radius 1 is 0.388 bits per heavy atom. The van der Waals surface area contributed by atoms with Gasteiger partial charge in [0.1, 0.15) is 11.5 Å². The molecule has 0 aliphatic carbocycles. The third kappa shape index (κ3) is 4.03. The molecule has 4 heterocycles. The maximum absolute atomic E-state index is 4.92. The van der Waals surface area contributed by atoms with Crippen LogP contribution in [0.2, 0.25) is 0 Å². The molecule has 0 atom stereocenters. The fourth-order valence-electron chi connectivity index (χ4n) is 8.12. The van der Waals surface area contributed by atoms with Crippen LogP contribution in [0, 0.1) is 0 Å². The van der Waals surface area contributed by atoms with Gasteiger partial charge in [0.15, 0.2) is 8.07 Å². The van der Waals surface area contributed by atoms with Gasteiger partial charge in [-0.05, 0) is 56.5 Å². The smallest absolute Gasteiger partial charge is 0.179 e. The lowest BCUT2D eigenvalue weighted by atomic mass is 10.1. The Morgan fingerprint density at radius 3 is 1.69 bits per heavy atom. The summed E-state index contributed by atoms with van der Waals surface area (Å²) in [7, 11) is -2.91. The first-order valence-corrected chi connectivity index (χ1v) is 18.7. The molecule has 0 amide bonds. The predicted molar refractivity (Wildman–Crippen MR) is 206 cm³/mol. The lowest BCUT2D eigenvalue weighted by molar-refractivity contribution is 1.08. The first-order valence-electron chi connectivity index (χ1n) is 16.7. The maximum atomic E-state index is 4.92. The van der Waals surface area contributed by atoms with Gasteiger partial charge in [-0.15, -0.1) is 0 Å². The molecule has 49 heavy (non-hydrogen) atoms. The van der Waals surface area contributed by atoms with Crippen molar-refractivity contribution >= 4 is 77.9 Å². The summed E-state index contributed by atoms with van der Waals surface area (Å²) >= 11 is 0. The molecular formula is C44H30N4Si. The minimum absolute atomic E-state index is 0.914. The van der Waals surface area contributed by atoms with Gasteiger partial charge >= 0.3 is 0 Å². The Kier molecular flexibility index (Phi) is 6.16. The molecule has 0 spiro atoms. The third-order valence-electron chi connectivity index (χ3n) is 10.2. The van der Waals surface area contributed by atoms with Gasteiger partial charge in [-0.2, -0.15) is 0 Å². The van der Waals surface area contributed by atoms with E-state index in [0.717, 1.165) is 33.4 Å². The standard InChI is InChI=1S/C44H30N4Si/c1-3-13-31(14-4-1)49(32-15-5-2-6-16-32,33-22-24-35-36-17-7-9-19-40(36)47-28-27-46-44(47)39(35)29-33)34-23-25-38-37-18-8-10-20-41(37)48(42(38)30-34)43-21-11-12-26-45-43/h1-30H. The monoisotopic (exact) mass is 642 g/mol. The Hall–Kier alpha value is -6.30. The number of hydrogen-bond donors (Lipinski definition) is 0. The van der Waals surface area contributed by atoms with Crippen LogP contribution in [0.1, 0.15) is 0 Å². The zero-order valence-corrected chi connectivity index (χ0v) is 27.6. The highest BCUT2D eigenvalue weighted by Crippen LogP contribution is 2.32. The lowest BCUT2D eigenvalue weighted by Gasteiger charge is -2.35. The van der Waals surface area contributed by atoms with E-state index >= 15 is 0 Å². The van der Waals surface area contributed by atoms with Gasteiger partial charge in [-0.3, -0.25) is 8.97 Å². The number of para-hydroxylation sites is 2. The van der Waals surface area contributed by atoms with E-state index in [0.29, 0.717) is 0 Å². The van der Waals surface area contributed by atoms with E-state index in [9.17, 15) is 0 Å². The molecule has 0 saturated heterocycles. The number of nitrogens with zero attached hydrogens (tertiary/aromatic N) is 4. The molecule has 0 bridgehead atoms. The summed E-state index contributed by atoms with van der Waals surface area (Å²) in [6.07, 6.45) is 5.87. The van der Waals surface area contributed by atoms with Crippen molar-refractivity contribution in [2.75, 3.05) is 0 Å². The van der Waals surface area contributed by atoms with E-state index in [1.165, 1.54) is 42.3 Å². The van der Waals surface area contributed by atoms with Gasteiger partial charge in [0, 0.05) is 40.1 Å². The summed E-state index contributed by atoms with van der Waals surface area (Å²) < 4.78 is 4.55. The van der Waals surface area contributed by atoms with Gasteiger partial charge in [0.25, 0.3) is 0 Å². The largest absolute Gasteiger partial charge is 0.299 e. The molecule has 6 aromatic carbocycles. The van der Waals surface area contributed by atoms with Crippen LogP contribution in [0.15, 0.2) is 182 Å². The molecule has 5 heteroatoms. The van der Waals surface area contributed by atoms with Crippen molar-refractivity contribution in [3.05, 3.63) is 182 Å². The predicted octanol–water partition coefficient (Wildman–Crippen LogP) is 7.51. The van der Waals surface area contributed by atoms with E-state index in [2.05, 4.69) is 173 Å². The molecule has 0 fully saturated rings. The number of benzene rings is 6. The molecule has 230 valence electrons. The van der Waals surface area contributed by atoms with Crippen molar-refractivity contribution in [2.24, 2.45) is 0 Å². The summed E-state index contributed by atoms with van der Waals surface area (Å²) in [6.45, 7) is 0. The minimum Gasteiger partial charge on any atom is -0.299 e. The fraction of sp³-hybridized carbons (Fsp3) is 0. The van der Waals surface area contributed by atoms with Crippen molar-refractivity contribution in [1.82, 2.24) is 18.9 Å². The molecule has 0 unspecified atom stereocenters. The van der Waals surface area contributed by atoms with Crippen molar-refractivity contribution in [3.63, 3.8) is 0 Å². The molecule has 4 nitrogen and oxygen atoms in total. The molecule has 10 aromatic rings. The van der Waals surface area contributed by atoms with Gasteiger partial charge in [0.05, 0.1) is 16.6 Å². The molecule has 0 aliphatic rings. The quantitative estimate of drug-likeness (QED) is 0.111. The Morgan fingerprint density at radius 2 is 0.980 bits per heavy atom. The average Bonchev–Trinajstić information content (AvgIpc) is 3.80. The van der Waals surface area contributed by atoms with Crippen LogP contribution in [0.25, 0.3) is 54.9 Å². The van der Waals surface area contributed by atoms with E-state index < -0.39 is 8.07 Å². The molecular weight excluding hydrogens is 613 g/mol. The van der Waals surface area contributed by atoms with Crippen LogP contribution in [0.4, 0.5) is 0 Å². The third-order valence-corrected chi connectivity index (χ3v) is 14.9. The Bertz CT molecular complexity index is 2780. The van der Waals surface area contributed by atoms with Crippen LogP contribution in [0.3, 0.4) is 0 Å². The first-order chi connectivity index (χ1) is 24.3. The number of hydrogen-bond acceptors (Lipinski definition) is 2. The van der Waals surface area contributed by atoms with Crippen molar-refractivity contribution in [2.45, 2.75) is 0 Å². The maximum Gasteiger partial charge on any atom is 0.179 e. The van der Waals surface area contributed by atoms with E-state index in [4.69, 9.17) is 9.97 Å². The second kappa shape index (κ2) is 10.9. The normalized spacial score (nSPS) is 12.1. The minimum atomic E-state index is -2.91. The van der Waals surface area contributed by atoms with Crippen molar-refractivity contribution in [1.29, 1.82) is 0 Å². The number of pyridine rings is 2. The van der Waals surface area contributed by atoms with Gasteiger partial charge in [0.2, 0.25) is 0 Å². The zero-order valence-electron chi connectivity index (χ0n) is 26.6. The van der Waals surface area contributed by atoms with Crippen LogP contribution in [-0.4, -0.2) is 27.0 Å². The van der Waals surface area contributed by atoms with Gasteiger partial charge < -0.3 is 0 Å². The number of aromatic nitrogens is 4. The summed E-state index contributed by atoms with van der Waals surface area (Å²) in [5.74, 6) is 0.914. The summed E-state index contributed by atoms with van der Waals surface area (Å²) in [4.78, 5) is 9.75. The topological polar surface area (TPSA) is 35.1 Å². The first kappa shape index (κ1) is 27.8. The van der Waals surface area contributed by atoms with Crippen LogP contribution < -0.4 is 20.7 Å². The average molecular weight is 643 g/mol. The molecule has 10 rings (SSSR count). The highest BCUT2D eigenvalue weighted by Gasteiger charge is 2.42. The Balaban J connectivity index is 1.36. The van der Waals surface area contributed by atoms with Crippen LogP contribution in [0.5, 0.6) is 0 Å². The van der Waals surface area contributed by atoms with Gasteiger partial charge in [-0.25, -0.2) is 9.97 Å². The molecule has 0 saturated carbocycles. The number of imidazole rings is 1. The van der Waals surface area contributed by atoms with Crippen molar-refractivity contribution in [3.8, 4) is 5.82 Å². The highest BCUT2D eigenvalue weighted by molar-refractivity contribution is 7.20. The number of rotatable bonds is 5. The van der Waals surface area contributed by atoms with Crippen molar-refractivity contribution < 1.29 is 0 Å². The molecule has 0 radical (unpaired) electrons. The second-order valence-corrected chi connectivity index (χ2v) is 16.5. The zero-order chi connectivity index (χ0) is 32.4. The summed E-state index contributed by atoms with van der Waals surface area (Å²) in [5.41, 5.74) is 4.45. The van der Waals surface area contributed by atoms with E-state index in [1.807, 2.05) is 18.5 Å². The molecule has 0 N–H and O–H groups in total. The molecule has 0 aliphatic heterocycles. The van der Waals surface area contributed by atoms with Crippen LogP contribution in [-0.2, 0) is 0 Å². The second-order valence-electron chi connectivity index (χ2n) is 12.7. The Labute approximate surface area is 284 Å². The van der Waals surface area contributed by atoms with E-state index in [1.54, 1.807) is 0 Å². The van der Waals surface area contributed by atoms with Gasteiger partial charge in [-0.1, -0.05) is 133 Å². The summed E-state index contributed by atoms with van der Waals surface area (Å²) in [5, 5.41) is 11.3. The summed E-state index contributed by atoms with van der Waals surface area (Å²) in [6, 6.07) is 60.1.